The molecule has 1 aromatic rings. The summed E-state index contributed by atoms with van der Waals surface area (Å²) in [4.78, 5) is 4.73. The Morgan fingerprint density at radius 3 is 2.69 bits per heavy atom. The minimum absolute atomic E-state index is 0. The van der Waals surface area contributed by atoms with Crippen LogP contribution in [-0.4, -0.2) is 37.3 Å². The van der Waals surface area contributed by atoms with E-state index in [0.717, 1.165) is 63.3 Å². The normalized spacial score (nSPS) is 20.7. The molecule has 2 rings (SSSR count). The number of nitrogens with one attached hydrogen (secondary N) is 2. The number of nitrogens with zero attached hydrogens (tertiary/aromatic N) is 1. The number of furan rings is 1. The Morgan fingerprint density at radius 2 is 2.08 bits per heavy atom. The Hall–Kier alpha value is -0.760. The lowest BCUT2D eigenvalue weighted by Crippen LogP contribution is -2.46. The molecule has 1 fully saturated rings. The largest absolute Gasteiger partial charge is 0.469 e. The molecule has 1 aliphatic rings. The van der Waals surface area contributed by atoms with Gasteiger partial charge < -0.3 is 19.8 Å². The fourth-order valence-corrected chi connectivity index (χ4v) is 3.18. The maximum atomic E-state index is 5.95. The Morgan fingerprint density at radius 1 is 1.31 bits per heavy atom. The summed E-state index contributed by atoms with van der Waals surface area (Å²) in [7, 11) is 0. The van der Waals surface area contributed by atoms with E-state index in [-0.39, 0.29) is 24.0 Å². The second-order valence-corrected chi connectivity index (χ2v) is 7.14. The summed E-state index contributed by atoms with van der Waals surface area (Å²) >= 11 is 0. The number of aliphatic imine (C=N–C) groups is 1. The summed E-state index contributed by atoms with van der Waals surface area (Å²) in [5, 5.41) is 7.08. The van der Waals surface area contributed by atoms with Gasteiger partial charge >= 0.3 is 0 Å². The van der Waals surface area contributed by atoms with Crippen LogP contribution >= 0.6 is 24.0 Å². The Balaban J connectivity index is 0.00000338. The number of ether oxygens (including phenoxy) is 1. The molecule has 0 radical (unpaired) electrons. The Labute approximate surface area is 175 Å². The molecular weight excluding hydrogens is 441 g/mol. The quantitative estimate of drug-likeness (QED) is 0.238. The summed E-state index contributed by atoms with van der Waals surface area (Å²) in [5.74, 6) is 1.94. The highest BCUT2D eigenvalue weighted by Crippen LogP contribution is 2.22. The van der Waals surface area contributed by atoms with Crippen molar-refractivity contribution in [2.24, 2.45) is 4.99 Å². The van der Waals surface area contributed by atoms with Gasteiger partial charge in [0, 0.05) is 25.6 Å². The SMILES string of the molecule is CCCCN=C(NCCc1ccco1)NC1CCC(OC(C)C)CC1.I. The average Bonchev–Trinajstić information content (AvgIpc) is 3.09. The van der Waals surface area contributed by atoms with Gasteiger partial charge in [0.2, 0.25) is 0 Å². The molecule has 0 aliphatic heterocycles. The maximum absolute atomic E-state index is 5.95. The van der Waals surface area contributed by atoms with Crippen molar-refractivity contribution in [2.45, 2.75) is 84.0 Å². The smallest absolute Gasteiger partial charge is 0.191 e. The van der Waals surface area contributed by atoms with Gasteiger partial charge in [0.1, 0.15) is 5.76 Å². The molecule has 1 aromatic heterocycles. The molecule has 0 amide bonds. The van der Waals surface area contributed by atoms with Gasteiger partial charge in [-0.2, -0.15) is 0 Å². The monoisotopic (exact) mass is 477 g/mol. The van der Waals surface area contributed by atoms with Crippen molar-refractivity contribution >= 4 is 29.9 Å². The first-order valence-electron chi connectivity index (χ1n) is 9.90. The number of unbranched alkanes of at least 4 members (excludes halogenated alkanes) is 1. The highest BCUT2D eigenvalue weighted by atomic mass is 127. The highest BCUT2D eigenvalue weighted by Gasteiger charge is 2.23. The summed E-state index contributed by atoms with van der Waals surface area (Å²) < 4.78 is 11.3. The predicted octanol–water partition coefficient (Wildman–Crippen LogP) is 4.51. The van der Waals surface area contributed by atoms with Gasteiger partial charge in [-0.15, -0.1) is 24.0 Å². The molecule has 0 atom stereocenters. The van der Waals surface area contributed by atoms with Crippen LogP contribution in [0.3, 0.4) is 0 Å². The van der Waals surface area contributed by atoms with E-state index in [0.29, 0.717) is 18.2 Å². The second-order valence-electron chi connectivity index (χ2n) is 7.14. The van der Waals surface area contributed by atoms with Gasteiger partial charge in [-0.25, -0.2) is 0 Å². The van der Waals surface area contributed by atoms with Gasteiger partial charge in [-0.1, -0.05) is 13.3 Å². The van der Waals surface area contributed by atoms with Crippen molar-refractivity contribution in [2.75, 3.05) is 13.1 Å². The number of halogens is 1. The van der Waals surface area contributed by atoms with Crippen molar-refractivity contribution in [3.63, 3.8) is 0 Å². The van der Waals surface area contributed by atoms with Gasteiger partial charge in [0.05, 0.1) is 18.5 Å². The van der Waals surface area contributed by atoms with Crippen molar-refractivity contribution in [1.82, 2.24) is 10.6 Å². The lowest BCUT2D eigenvalue weighted by molar-refractivity contribution is -0.0152. The van der Waals surface area contributed by atoms with E-state index in [4.69, 9.17) is 14.1 Å². The van der Waals surface area contributed by atoms with Gasteiger partial charge in [-0.3, -0.25) is 4.99 Å². The molecule has 1 heterocycles. The van der Waals surface area contributed by atoms with Crippen LogP contribution in [0.5, 0.6) is 0 Å². The molecule has 0 spiro atoms. The first kappa shape index (κ1) is 23.3. The zero-order valence-corrected chi connectivity index (χ0v) is 18.8. The highest BCUT2D eigenvalue weighted by molar-refractivity contribution is 14.0. The third-order valence-electron chi connectivity index (χ3n) is 4.51. The lowest BCUT2D eigenvalue weighted by Gasteiger charge is -2.31. The van der Waals surface area contributed by atoms with E-state index in [1.165, 1.54) is 6.42 Å². The zero-order valence-electron chi connectivity index (χ0n) is 16.5. The number of hydrogen-bond donors (Lipinski definition) is 2. The van der Waals surface area contributed by atoms with Gasteiger partial charge in [0.25, 0.3) is 0 Å². The molecule has 0 bridgehead atoms. The van der Waals surface area contributed by atoms with Gasteiger partial charge in [-0.05, 0) is 58.1 Å². The van der Waals surface area contributed by atoms with Crippen molar-refractivity contribution < 1.29 is 9.15 Å². The van der Waals surface area contributed by atoms with E-state index in [9.17, 15) is 0 Å². The minimum Gasteiger partial charge on any atom is -0.469 e. The fraction of sp³-hybridized carbons (Fsp3) is 0.750. The third-order valence-corrected chi connectivity index (χ3v) is 4.51. The van der Waals surface area contributed by atoms with Crippen molar-refractivity contribution in [1.29, 1.82) is 0 Å². The van der Waals surface area contributed by atoms with Crippen molar-refractivity contribution in [3.8, 4) is 0 Å². The summed E-state index contributed by atoms with van der Waals surface area (Å²) in [6, 6.07) is 4.43. The second kappa shape index (κ2) is 13.4. The molecule has 5 nitrogen and oxygen atoms in total. The van der Waals surface area contributed by atoms with Crippen LogP contribution in [-0.2, 0) is 11.2 Å². The number of rotatable bonds is 9. The topological polar surface area (TPSA) is 58.8 Å². The summed E-state index contributed by atoms with van der Waals surface area (Å²) in [5.41, 5.74) is 0. The van der Waals surface area contributed by atoms with Crippen LogP contribution in [0.1, 0.15) is 65.1 Å². The molecule has 0 aromatic carbocycles. The third kappa shape index (κ3) is 9.26. The molecule has 2 N–H and O–H groups in total. The standard InChI is InChI=1S/C20H35N3O2.HI/c1-4-5-13-21-20(22-14-12-18-7-6-15-24-18)23-17-8-10-19(11-9-17)25-16(2)3;/h6-7,15-17,19H,4-5,8-14H2,1-3H3,(H2,21,22,23);1H. The molecule has 1 saturated carbocycles. The number of guanidine groups is 1. The first-order chi connectivity index (χ1) is 12.2. The van der Waals surface area contributed by atoms with Gasteiger partial charge in [0.15, 0.2) is 5.96 Å². The lowest BCUT2D eigenvalue weighted by atomic mass is 9.93. The van der Waals surface area contributed by atoms with Crippen LogP contribution in [0.15, 0.2) is 27.8 Å². The van der Waals surface area contributed by atoms with Crippen LogP contribution in [0.2, 0.25) is 0 Å². The minimum atomic E-state index is 0. The van der Waals surface area contributed by atoms with E-state index < -0.39 is 0 Å². The molecule has 0 unspecified atom stereocenters. The Bertz CT molecular complexity index is 483. The molecule has 0 saturated heterocycles. The fourth-order valence-electron chi connectivity index (χ4n) is 3.18. The van der Waals surface area contributed by atoms with Crippen molar-refractivity contribution in [3.05, 3.63) is 24.2 Å². The summed E-state index contributed by atoms with van der Waals surface area (Å²) in [6.07, 6.45) is 10.2. The van der Waals surface area contributed by atoms with Crippen LogP contribution in [0.4, 0.5) is 0 Å². The van der Waals surface area contributed by atoms with E-state index in [2.05, 4.69) is 31.4 Å². The molecular formula is C20H36IN3O2. The van der Waals surface area contributed by atoms with E-state index in [1.807, 2.05) is 12.1 Å². The van der Waals surface area contributed by atoms with E-state index >= 15 is 0 Å². The Kier molecular flexibility index (Phi) is 12.0. The molecule has 26 heavy (non-hydrogen) atoms. The first-order valence-corrected chi connectivity index (χ1v) is 9.90. The maximum Gasteiger partial charge on any atom is 0.191 e. The number of hydrogen-bond acceptors (Lipinski definition) is 3. The van der Waals surface area contributed by atoms with Crippen LogP contribution in [0.25, 0.3) is 0 Å². The average molecular weight is 477 g/mol. The molecule has 150 valence electrons. The summed E-state index contributed by atoms with van der Waals surface area (Å²) in [6.45, 7) is 8.14. The molecule has 6 heteroatoms. The van der Waals surface area contributed by atoms with E-state index in [1.54, 1.807) is 6.26 Å². The predicted molar refractivity (Wildman–Crippen MR) is 118 cm³/mol. The zero-order chi connectivity index (χ0) is 17.9. The molecule has 1 aliphatic carbocycles. The van der Waals surface area contributed by atoms with Crippen LogP contribution < -0.4 is 10.6 Å². The van der Waals surface area contributed by atoms with Crippen LogP contribution in [0, 0.1) is 0 Å².